The van der Waals surface area contributed by atoms with Gasteiger partial charge in [-0.25, -0.2) is 0 Å². The molecule has 1 fully saturated rings. The molecule has 86 valence electrons. The van der Waals surface area contributed by atoms with E-state index in [1.807, 2.05) is 6.07 Å². The molecule has 2 N–H and O–H groups in total. The van der Waals surface area contributed by atoms with Gasteiger partial charge in [-0.05, 0) is 37.9 Å². The number of phenolic OH excluding ortho intramolecular Hbond substituents is 1. The zero-order chi connectivity index (χ0) is 11.0. The first-order valence-electron chi connectivity index (χ1n) is 5.68. The summed E-state index contributed by atoms with van der Waals surface area (Å²) in [5.74, 6) is 2.22. The van der Waals surface area contributed by atoms with Gasteiger partial charge in [0.25, 0.3) is 0 Å². The summed E-state index contributed by atoms with van der Waals surface area (Å²) in [5.41, 5.74) is 1.09. The largest absolute Gasteiger partial charge is 0.508 e. The van der Waals surface area contributed by atoms with Crippen LogP contribution in [0.3, 0.4) is 0 Å². The van der Waals surface area contributed by atoms with Crippen molar-refractivity contribution in [2.24, 2.45) is 0 Å². The van der Waals surface area contributed by atoms with Crippen LogP contribution in [0.1, 0.15) is 24.3 Å². The van der Waals surface area contributed by atoms with Crippen LogP contribution in [0.5, 0.6) is 17.2 Å². The van der Waals surface area contributed by atoms with Gasteiger partial charge in [0.05, 0.1) is 0 Å². The van der Waals surface area contributed by atoms with Crippen molar-refractivity contribution in [3.05, 3.63) is 17.7 Å². The summed E-state index contributed by atoms with van der Waals surface area (Å²) in [7, 11) is 0. The van der Waals surface area contributed by atoms with E-state index in [1.165, 1.54) is 0 Å². The van der Waals surface area contributed by atoms with E-state index >= 15 is 0 Å². The minimum atomic E-state index is 0.261. The normalized spacial score (nSPS) is 20.0. The molecule has 0 spiro atoms. The van der Waals surface area contributed by atoms with Crippen LogP contribution in [0.2, 0.25) is 0 Å². The predicted molar refractivity (Wildman–Crippen MR) is 59.1 cm³/mol. The summed E-state index contributed by atoms with van der Waals surface area (Å²) in [6.45, 7) is 2.31. The average Bonchev–Trinajstić information content (AvgIpc) is 2.77. The van der Waals surface area contributed by atoms with E-state index in [-0.39, 0.29) is 12.5 Å². The van der Waals surface area contributed by atoms with Crippen molar-refractivity contribution in [3.8, 4) is 17.2 Å². The van der Waals surface area contributed by atoms with E-state index in [2.05, 4.69) is 5.32 Å². The van der Waals surface area contributed by atoms with Crippen LogP contribution < -0.4 is 14.8 Å². The van der Waals surface area contributed by atoms with E-state index in [0.717, 1.165) is 37.2 Å². The Morgan fingerprint density at radius 2 is 2.00 bits per heavy atom. The van der Waals surface area contributed by atoms with Gasteiger partial charge in [0, 0.05) is 11.6 Å². The first kappa shape index (κ1) is 9.78. The van der Waals surface area contributed by atoms with Gasteiger partial charge in [-0.15, -0.1) is 0 Å². The number of piperidine rings is 1. The molecular formula is C12H15NO3. The molecule has 0 saturated carbocycles. The summed E-state index contributed by atoms with van der Waals surface area (Å²) < 4.78 is 10.8. The van der Waals surface area contributed by atoms with Crippen molar-refractivity contribution >= 4 is 0 Å². The molecule has 1 aromatic rings. The third-order valence-electron chi connectivity index (χ3n) is 3.27. The van der Waals surface area contributed by atoms with E-state index in [0.29, 0.717) is 11.7 Å². The van der Waals surface area contributed by atoms with Crippen LogP contribution in [0, 0.1) is 0 Å². The Balaban J connectivity index is 1.99. The molecule has 0 bridgehead atoms. The molecule has 4 heteroatoms. The number of fused-ring (bicyclic) bond motifs is 1. The van der Waals surface area contributed by atoms with Crippen LogP contribution in [0.25, 0.3) is 0 Å². The topological polar surface area (TPSA) is 50.7 Å². The van der Waals surface area contributed by atoms with Gasteiger partial charge in [0.2, 0.25) is 6.79 Å². The minimum absolute atomic E-state index is 0.261. The van der Waals surface area contributed by atoms with Gasteiger partial charge in [-0.2, -0.15) is 0 Å². The lowest BCUT2D eigenvalue weighted by molar-refractivity contribution is 0.172. The second-order valence-corrected chi connectivity index (χ2v) is 4.29. The lowest BCUT2D eigenvalue weighted by Gasteiger charge is -2.23. The van der Waals surface area contributed by atoms with Gasteiger partial charge >= 0.3 is 0 Å². The van der Waals surface area contributed by atoms with Crippen LogP contribution in [-0.2, 0) is 0 Å². The summed E-state index contributed by atoms with van der Waals surface area (Å²) >= 11 is 0. The van der Waals surface area contributed by atoms with Crippen LogP contribution in [-0.4, -0.2) is 25.0 Å². The van der Waals surface area contributed by atoms with E-state index in [1.54, 1.807) is 6.07 Å². The number of hydrogen-bond acceptors (Lipinski definition) is 4. The van der Waals surface area contributed by atoms with Gasteiger partial charge in [-0.1, -0.05) is 0 Å². The molecule has 1 saturated heterocycles. The van der Waals surface area contributed by atoms with Crippen molar-refractivity contribution in [2.75, 3.05) is 19.9 Å². The monoisotopic (exact) mass is 221 g/mol. The molecule has 0 amide bonds. The van der Waals surface area contributed by atoms with Crippen molar-refractivity contribution in [3.63, 3.8) is 0 Å². The van der Waals surface area contributed by atoms with Gasteiger partial charge < -0.3 is 19.9 Å². The minimum Gasteiger partial charge on any atom is -0.508 e. The number of nitrogens with one attached hydrogen (secondary N) is 1. The van der Waals surface area contributed by atoms with E-state index in [9.17, 15) is 5.11 Å². The van der Waals surface area contributed by atoms with Crippen LogP contribution in [0.4, 0.5) is 0 Å². The molecule has 3 rings (SSSR count). The van der Waals surface area contributed by atoms with Gasteiger partial charge in [-0.3, -0.25) is 0 Å². The molecular weight excluding hydrogens is 206 g/mol. The molecule has 2 aliphatic rings. The standard InChI is InChI=1S/C12H15NO3/c14-9-5-10(8-1-3-13-4-2-8)12-11(6-9)15-7-16-12/h5-6,8,13-14H,1-4,7H2. The molecule has 0 aromatic heterocycles. The number of benzene rings is 1. The molecule has 2 aliphatic heterocycles. The highest BCUT2D eigenvalue weighted by Gasteiger charge is 2.25. The lowest BCUT2D eigenvalue weighted by Crippen LogP contribution is -2.26. The lowest BCUT2D eigenvalue weighted by atomic mass is 9.89. The Morgan fingerprint density at radius 1 is 1.19 bits per heavy atom. The second kappa shape index (κ2) is 3.87. The summed E-state index contributed by atoms with van der Waals surface area (Å²) in [4.78, 5) is 0. The van der Waals surface area contributed by atoms with Crippen molar-refractivity contribution in [1.29, 1.82) is 0 Å². The smallest absolute Gasteiger partial charge is 0.231 e. The van der Waals surface area contributed by atoms with Crippen molar-refractivity contribution < 1.29 is 14.6 Å². The third-order valence-corrected chi connectivity index (χ3v) is 3.27. The van der Waals surface area contributed by atoms with E-state index in [4.69, 9.17) is 9.47 Å². The Labute approximate surface area is 94.2 Å². The zero-order valence-corrected chi connectivity index (χ0v) is 9.03. The molecule has 16 heavy (non-hydrogen) atoms. The maximum absolute atomic E-state index is 9.66. The highest BCUT2D eigenvalue weighted by Crippen LogP contribution is 2.44. The average molecular weight is 221 g/mol. The fourth-order valence-corrected chi connectivity index (χ4v) is 2.46. The van der Waals surface area contributed by atoms with Crippen LogP contribution >= 0.6 is 0 Å². The Kier molecular flexibility index (Phi) is 2.36. The fourth-order valence-electron chi connectivity index (χ4n) is 2.46. The molecule has 2 heterocycles. The maximum atomic E-state index is 9.66. The second-order valence-electron chi connectivity index (χ2n) is 4.29. The van der Waals surface area contributed by atoms with Gasteiger partial charge in [0.1, 0.15) is 5.75 Å². The summed E-state index contributed by atoms with van der Waals surface area (Å²) in [5, 5.41) is 13.0. The number of rotatable bonds is 1. The fraction of sp³-hybridized carbons (Fsp3) is 0.500. The zero-order valence-electron chi connectivity index (χ0n) is 9.03. The van der Waals surface area contributed by atoms with Crippen LogP contribution in [0.15, 0.2) is 12.1 Å². The molecule has 4 nitrogen and oxygen atoms in total. The molecule has 0 aliphatic carbocycles. The number of phenols is 1. The molecule has 0 unspecified atom stereocenters. The molecule has 0 atom stereocenters. The SMILES string of the molecule is Oc1cc2c(c(C3CCNCC3)c1)OCO2. The highest BCUT2D eigenvalue weighted by atomic mass is 16.7. The van der Waals surface area contributed by atoms with Crippen molar-refractivity contribution in [2.45, 2.75) is 18.8 Å². The Bertz CT molecular complexity index is 399. The Morgan fingerprint density at radius 3 is 2.81 bits per heavy atom. The quantitative estimate of drug-likeness (QED) is 0.756. The first-order chi connectivity index (χ1) is 7.84. The van der Waals surface area contributed by atoms with E-state index < -0.39 is 0 Å². The first-order valence-corrected chi connectivity index (χ1v) is 5.68. The number of aromatic hydroxyl groups is 1. The maximum Gasteiger partial charge on any atom is 0.231 e. The van der Waals surface area contributed by atoms with Gasteiger partial charge in [0.15, 0.2) is 11.5 Å². The predicted octanol–water partition coefficient (Wildman–Crippen LogP) is 1.59. The molecule has 0 radical (unpaired) electrons. The number of hydrogen-bond donors (Lipinski definition) is 2. The number of ether oxygens (including phenoxy) is 2. The third kappa shape index (κ3) is 1.59. The molecule has 1 aromatic carbocycles. The highest BCUT2D eigenvalue weighted by molar-refractivity contribution is 5.54. The Hall–Kier alpha value is -1.42. The summed E-state index contributed by atoms with van der Waals surface area (Å²) in [6.07, 6.45) is 2.17. The summed E-state index contributed by atoms with van der Waals surface area (Å²) in [6, 6.07) is 3.43. The van der Waals surface area contributed by atoms with Crippen molar-refractivity contribution in [1.82, 2.24) is 5.32 Å².